The summed E-state index contributed by atoms with van der Waals surface area (Å²) in [5.74, 6) is 0.0199. The molecule has 18 heavy (non-hydrogen) atoms. The van der Waals surface area contributed by atoms with Gasteiger partial charge in [0.05, 0.1) is 16.8 Å². The Morgan fingerprint density at radius 3 is 2.44 bits per heavy atom. The molecule has 0 saturated heterocycles. The van der Waals surface area contributed by atoms with Crippen molar-refractivity contribution in [3.63, 3.8) is 0 Å². The normalized spacial score (nSPS) is 11.2. The van der Waals surface area contributed by atoms with Crippen molar-refractivity contribution in [3.8, 4) is 5.75 Å². The van der Waals surface area contributed by atoms with E-state index in [0.29, 0.717) is 5.69 Å². The number of pyridine rings is 1. The van der Waals surface area contributed by atoms with Crippen molar-refractivity contribution >= 4 is 15.7 Å². The van der Waals surface area contributed by atoms with Crippen molar-refractivity contribution < 1.29 is 13.5 Å². The van der Waals surface area contributed by atoms with Crippen molar-refractivity contribution in [1.82, 2.24) is 4.98 Å². The summed E-state index contributed by atoms with van der Waals surface area (Å²) >= 11 is 0. The molecular formula is C12H12N2O3S. The molecule has 1 heterocycles. The van der Waals surface area contributed by atoms with E-state index in [-0.39, 0.29) is 10.6 Å². The molecule has 2 rings (SSSR count). The number of aromatic hydroxyl groups is 1. The zero-order valence-corrected chi connectivity index (χ0v) is 10.5. The topological polar surface area (TPSA) is 79.3 Å². The van der Waals surface area contributed by atoms with E-state index in [1.807, 2.05) is 0 Å². The molecule has 2 aromatic rings. The lowest BCUT2D eigenvalue weighted by atomic mass is 10.3. The van der Waals surface area contributed by atoms with Gasteiger partial charge in [0.15, 0.2) is 0 Å². The van der Waals surface area contributed by atoms with Crippen LogP contribution in [0.4, 0.5) is 5.69 Å². The number of hydrogen-bond donors (Lipinski definition) is 2. The van der Waals surface area contributed by atoms with Gasteiger partial charge >= 0.3 is 0 Å². The zero-order valence-electron chi connectivity index (χ0n) is 9.66. The third-order valence-electron chi connectivity index (χ3n) is 2.43. The summed E-state index contributed by atoms with van der Waals surface area (Å²) in [7, 11) is -3.65. The second-order valence-corrected chi connectivity index (χ2v) is 5.47. The minimum atomic E-state index is -3.65. The molecule has 0 atom stereocenters. The average molecular weight is 264 g/mol. The van der Waals surface area contributed by atoms with Gasteiger partial charge in [0.25, 0.3) is 10.0 Å². The summed E-state index contributed by atoms with van der Waals surface area (Å²) in [5, 5.41) is 9.13. The Kier molecular flexibility index (Phi) is 3.20. The SMILES string of the molecule is Cc1ccncc1NS(=O)(=O)c1ccc(O)cc1. The van der Waals surface area contributed by atoms with Crippen molar-refractivity contribution in [2.75, 3.05) is 4.72 Å². The van der Waals surface area contributed by atoms with Crippen LogP contribution in [-0.4, -0.2) is 18.5 Å². The predicted octanol–water partition coefficient (Wildman–Crippen LogP) is 1.90. The summed E-state index contributed by atoms with van der Waals surface area (Å²) in [6.45, 7) is 1.79. The minimum absolute atomic E-state index is 0.0199. The number of anilines is 1. The van der Waals surface area contributed by atoms with Crippen molar-refractivity contribution in [1.29, 1.82) is 0 Å². The van der Waals surface area contributed by atoms with Crippen LogP contribution in [0.3, 0.4) is 0 Å². The van der Waals surface area contributed by atoms with Gasteiger partial charge in [-0.2, -0.15) is 0 Å². The number of sulfonamides is 1. The Balaban J connectivity index is 2.33. The maximum absolute atomic E-state index is 12.0. The van der Waals surface area contributed by atoms with Crippen LogP contribution in [-0.2, 0) is 10.0 Å². The van der Waals surface area contributed by atoms with E-state index in [2.05, 4.69) is 9.71 Å². The first-order valence-corrected chi connectivity index (χ1v) is 6.70. The summed E-state index contributed by atoms with van der Waals surface area (Å²) in [6.07, 6.45) is 3.04. The highest BCUT2D eigenvalue weighted by Crippen LogP contribution is 2.19. The number of nitrogens with zero attached hydrogens (tertiary/aromatic N) is 1. The molecule has 94 valence electrons. The van der Waals surface area contributed by atoms with Gasteiger partial charge in [0.1, 0.15) is 5.75 Å². The van der Waals surface area contributed by atoms with Crippen LogP contribution in [0, 0.1) is 6.92 Å². The van der Waals surface area contributed by atoms with E-state index in [0.717, 1.165) is 5.56 Å². The molecule has 6 heteroatoms. The Morgan fingerprint density at radius 1 is 1.17 bits per heavy atom. The molecule has 0 aliphatic rings. The van der Waals surface area contributed by atoms with Gasteiger partial charge < -0.3 is 5.11 Å². The Morgan fingerprint density at radius 2 is 1.83 bits per heavy atom. The first kappa shape index (κ1) is 12.4. The molecule has 2 N–H and O–H groups in total. The highest BCUT2D eigenvalue weighted by molar-refractivity contribution is 7.92. The molecule has 0 unspecified atom stereocenters. The highest BCUT2D eigenvalue weighted by Gasteiger charge is 2.14. The van der Waals surface area contributed by atoms with Crippen LogP contribution in [0.5, 0.6) is 5.75 Å². The highest BCUT2D eigenvalue weighted by atomic mass is 32.2. The van der Waals surface area contributed by atoms with Gasteiger partial charge in [-0.1, -0.05) is 0 Å². The molecule has 1 aromatic carbocycles. The van der Waals surface area contributed by atoms with E-state index < -0.39 is 10.0 Å². The lowest BCUT2D eigenvalue weighted by Gasteiger charge is -2.09. The number of hydrogen-bond acceptors (Lipinski definition) is 4. The monoisotopic (exact) mass is 264 g/mol. The summed E-state index contributed by atoms with van der Waals surface area (Å²) < 4.78 is 26.5. The maximum atomic E-state index is 12.0. The predicted molar refractivity (Wildman–Crippen MR) is 67.9 cm³/mol. The van der Waals surface area contributed by atoms with Crippen LogP contribution >= 0.6 is 0 Å². The largest absolute Gasteiger partial charge is 0.508 e. The number of aromatic nitrogens is 1. The van der Waals surface area contributed by atoms with E-state index in [1.165, 1.54) is 30.5 Å². The van der Waals surface area contributed by atoms with Gasteiger partial charge in [-0.05, 0) is 42.8 Å². The van der Waals surface area contributed by atoms with E-state index >= 15 is 0 Å². The number of phenolic OH excluding ortho intramolecular Hbond substituents is 1. The van der Waals surface area contributed by atoms with Gasteiger partial charge in [-0.3, -0.25) is 9.71 Å². The number of aryl methyl sites for hydroxylation is 1. The van der Waals surface area contributed by atoms with Crippen molar-refractivity contribution in [2.24, 2.45) is 0 Å². The van der Waals surface area contributed by atoms with Crippen molar-refractivity contribution in [2.45, 2.75) is 11.8 Å². The van der Waals surface area contributed by atoms with Crippen LogP contribution < -0.4 is 4.72 Å². The Bertz CT molecular complexity index is 651. The third kappa shape index (κ3) is 2.60. The number of phenols is 1. The van der Waals surface area contributed by atoms with E-state index in [9.17, 15) is 8.42 Å². The molecule has 0 aliphatic heterocycles. The molecule has 0 bridgehead atoms. The molecular weight excluding hydrogens is 252 g/mol. The third-order valence-corrected chi connectivity index (χ3v) is 3.81. The molecule has 0 fully saturated rings. The second-order valence-electron chi connectivity index (χ2n) is 3.79. The fourth-order valence-electron chi connectivity index (χ4n) is 1.40. The summed E-state index contributed by atoms with van der Waals surface area (Å²) in [5.41, 5.74) is 1.22. The fourth-order valence-corrected chi connectivity index (χ4v) is 2.52. The second kappa shape index (κ2) is 4.66. The maximum Gasteiger partial charge on any atom is 0.261 e. The lowest BCUT2D eigenvalue weighted by Crippen LogP contribution is -2.13. The first-order chi connectivity index (χ1) is 8.49. The fraction of sp³-hybridized carbons (Fsp3) is 0.0833. The summed E-state index contributed by atoms with van der Waals surface area (Å²) in [6, 6.07) is 7.04. The standard InChI is InChI=1S/C12H12N2O3S/c1-9-6-7-13-8-12(9)14-18(16,17)11-4-2-10(15)3-5-11/h2-8,14-15H,1H3. The molecule has 1 aromatic heterocycles. The number of rotatable bonds is 3. The van der Waals surface area contributed by atoms with Crippen LogP contribution in [0.15, 0.2) is 47.6 Å². The Labute approximate surface area is 105 Å². The lowest BCUT2D eigenvalue weighted by molar-refractivity contribution is 0.475. The van der Waals surface area contributed by atoms with E-state index in [4.69, 9.17) is 5.11 Å². The van der Waals surface area contributed by atoms with Gasteiger partial charge in [-0.25, -0.2) is 8.42 Å². The molecule has 0 spiro atoms. The van der Waals surface area contributed by atoms with Gasteiger partial charge in [0, 0.05) is 6.20 Å². The smallest absolute Gasteiger partial charge is 0.261 e. The Hall–Kier alpha value is -2.08. The molecule has 5 nitrogen and oxygen atoms in total. The van der Waals surface area contributed by atoms with Crippen LogP contribution in [0.1, 0.15) is 5.56 Å². The summed E-state index contributed by atoms with van der Waals surface area (Å²) in [4.78, 5) is 3.96. The molecule has 0 radical (unpaired) electrons. The first-order valence-electron chi connectivity index (χ1n) is 5.21. The average Bonchev–Trinajstić information content (AvgIpc) is 2.32. The minimum Gasteiger partial charge on any atom is -0.508 e. The number of nitrogens with one attached hydrogen (secondary N) is 1. The van der Waals surface area contributed by atoms with Crippen LogP contribution in [0.2, 0.25) is 0 Å². The van der Waals surface area contributed by atoms with E-state index in [1.54, 1.807) is 19.2 Å². The molecule has 0 aliphatic carbocycles. The van der Waals surface area contributed by atoms with Gasteiger partial charge in [0.2, 0.25) is 0 Å². The molecule has 0 saturated carbocycles. The zero-order chi connectivity index (χ0) is 13.2. The number of benzene rings is 1. The van der Waals surface area contributed by atoms with Crippen molar-refractivity contribution in [3.05, 3.63) is 48.3 Å². The quantitative estimate of drug-likeness (QED) is 0.887. The molecule has 0 amide bonds. The van der Waals surface area contributed by atoms with Gasteiger partial charge in [-0.15, -0.1) is 0 Å². The van der Waals surface area contributed by atoms with Crippen LogP contribution in [0.25, 0.3) is 0 Å².